The highest BCUT2D eigenvalue weighted by Gasteiger charge is 1.99. The molecular formula is C10H16ClN3. The number of hydrogen-bond acceptors (Lipinski definition) is 1. The molecule has 78 valence electrons. The van der Waals surface area contributed by atoms with Gasteiger partial charge in [-0.1, -0.05) is 18.2 Å². The minimum absolute atomic E-state index is 0. The average Bonchev–Trinajstić information content (AvgIpc) is 2.03. The molecule has 0 aromatic heterocycles. The Kier molecular flexibility index (Phi) is 5.02. The number of nitrogens with two attached hydrogens (primary N) is 2. The van der Waals surface area contributed by atoms with Crippen molar-refractivity contribution in [2.75, 3.05) is 0 Å². The van der Waals surface area contributed by atoms with E-state index in [1.54, 1.807) is 0 Å². The Labute approximate surface area is 90.6 Å². The second-order valence-corrected chi connectivity index (χ2v) is 3.11. The Morgan fingerprint density at radius 3 is 2.14 bits per heavy atom. The van der Waals surface area contributed by atoms with Crippen LogP contribution < -0.4 is 11.5 Å². The number of halogens is 1. The third-order valence-corrected chi connectivity index (χ3v) is 2.06. The third kappa shape index (κ3) is 3.26. The Balaban J connectivity index is 0.00000169. The summed E-state index contributed by atoms with van der Waals surface area (Å²) in [4.78, 5) is 3.99. The van der Waals surface area contributed by atoms with Crippen molar-refractivity contribution < 1.29 is 0 Å². The lowest BCUT2D eigenvalue weighted by Crippen LogP contribution is -2.22. The predicted octanol–water partition coefficient (Wildman–Crippen LogP) is 1.50. The summed E-state index contributed by atoms with van der Waals surface area (Å²) in [6, 6.07) is 6.15. The molecule has 0 unspecified atom stereocenters. The van der Waals surface area contributed by atoms with Gasteiger partial charge in [0.15, 0.2) is 5.96 Å². The number of rotatable bonds is 2. The van der Waals surface area contributed by atoms with Gasteiger partial charge >= 0.3 is 0 Å². The van der Waals surface area contributed by atoms with Gasteiger partial charge in [-0.05, 0) is 30.5 Å². The van der Waals surface area contributed by atoms with Crippen LogP contribution in [0, 0.1) is 13.8 Å². The summed E-state index contributed by atoms with van der Waals surface area (Å²) in [6.45, 7) is 4.69. The maximum Gasteiger partial charge on any atom is 0.186 e. The van der Waals surface area contributed by atoms with Gasteiger partial charge < -0.3 is 11.5 Å². The number of aliphatic imine (C=N–C) groups is 1. The van der Waals surface area contributed by atoms with Gasteiger partial charge in [0, 0.05) is 0 Å². The first-order valence-corrected chi connectivity index (χ1v) is 4.21. The molecule has 0 fully saturated rings. The van der Waals surface area contributed by atoms with E-state index in [0.717, 1.165) is 0 Å². The molecule has 1 aromatic carbocycles. The second-order valence-electron chi connectivity index (χ2n) is 3.11. The molecule has 0 atom stereocenters. The maximum absolute atomic E-state index is 5.27. The first-order valence-electron chi connectivity index (χ1n) is 4.21. The molecule has 0 radical (unpaired) electrons. The molecule has 3 nitrogen and oxygen atoms in total. The van der Waals surface area contributed by atoms with E-state index >= 15 is 0 Å². The van der Waals surface area contributed by atoms with Crippen LogP contribution in [-0.4, -0.2) is 5.96 Å². The molecule has 14 heavy (non-hydrogen) atoms. The summed E-state index contributed by atoms with van der Waals surface area (Å²) in [5.41, 5.74) is 14.2. The normalized spacial score (nSPS) is 9.00. The van der Waals surface area contributed by atoms with Crippen LogP contribution in [0.4, 0.5) is 0 Å². The van der Waals surface area contributed by atoms with Crippen molar-refractivity contribution in [2.24, 2.45) is 16.5 Å². The molecule has 0 spiro atoms. The third-order valence-electron chi connectivity index (χ3n) is 2.06. The molecule has 0 saturated heterocycles. The Bertz CT molecular complexity index is 310. The van der Waals surface area contributed by atoms with Crippen LogP contribution in [0.25, 0.3) is 0 Å². The van der Waals surface area contributed by atoms with Crippen LogP contribution in [0.2, 0.25) is 0 Å². The van der Waals surface area contributed by atoms with Crippen molar-refractivity contribution in [3.8, 4) is 0 Å². The molecule has 0 heterocycles. The first kappa shape index (κ1) is 12.8. The van der Waals surface area contributed by atoms with Gasteiger partial charge in [-0.2, -0.15) is 0 Å². The highest BCUT2D eigenvalue weighted by molar-refractivity contribution is 5.85. The zero-order valence-electron chi connectivity index (χ0n) is 8.45. The van der Waals surface area contributed by atoms with Gasteiger partial charge in [0.1, 0.15) is 0 Å². The second kappa shape index (κ2) is 5.50. The van der Waals surface area contributed by atoms with Crippen LogP contribution in [0.5, 0.6) is 0 Å². The van der Waals surface area contributed by atoms with Crippen molar-refractivity contribution in [1.29, 1.82) is 0 Å². The molecule has 1 rings (SSSR count). The fraction of sp³-hybridized carbons (Fsp3) is 0.300. The van der Waals surface area contributed by atoms with Crippen molar-refractivity contribution in [2.45, 2.75) is 20.4 Å². The van der Waals surface area contributed by atoms with Gasteiger partial charge in [0.05, 0.1) is 6.54 Å². The Morgan fingerprint density at radius 2 is 1.71 bits per heavy atom. The van der Waals surface area contributed by atoms with E-state index in [1.807, 2.05) is 6.07 Å². The van der Waals surface area contributed by atoms with Crippen LogP contribution in [0.1, 0.15) is 16.7 Å². The Morgan fingerprint density at radius 1 is 1.21 bits per heavy atom. The summed E-state index contributed by atoms with van der Waals surface area (Å²) in [5.74, 6) is 0.141. The monoisotopic (exact) mass is 213 g/mol. The minimum atomic E-state index is 0. The van der Waals surface area contributed by atoms with E-state index in [9.17, 15) is 0 Å². The van der Waals surface area contributed by atoms with Crippen LogP contribution in [-0.2, 0) is 6.54 Å². The van der Waals surface area contributed by atoms with Gasteiger partial charge in [0.25, 0.3) is 0 Å². The van der Waals surface area contributed by atoms with Crippen molar-refractivity contribution in [3.63, 3.8) is 0 Å². The van der Waals surface area contributed by atoms with Gasteiger partial charge in [-0.15, -0.1) is 12.4 Å². The Hall–Kier alpha value is -1.22. The van der Waals surface area contributed by atoms with Crippen LogP contribution in [0.3, 0.4) is 0 Å². The highest BCUT2D eigenvalue weighted by atomic mass is 35.5. The fourth-order valence-electron chi connectivity index (χ4n) is 1.27. The zero-order valence-corrected chi connectivity index (χ0v) is 9.27. The first-order chi connectivity index (χ1) is 6.11. The lowest BCUT2D eigenvalue weighted by atomic mass is 10.0. The lowest BCUT2D eigenvalue weighted by Gasteiger charge is -2.06. The van der Waals surface area contributed by atoms with Gasteiger partial charge in [-0.3, -0.25) is 0 Å². The lowest BCUT2D eigenvalue weighted by molar-refractivity contribution is 1.02. The average molecular weight is 214 g/mol. The molecule has 0 aliphatic carbocycles. The van der Waals surface area contributed by atoms with Crippen LogP contribution >= 0.6 is 12.4 Å². The van der Waals surface area contributed by atoms with E-state index in [0.29, 0.717) is 6.54 Å². The fourth-order valence-corrected chi connectivity index (χ4v) is 1.27. The minimum Gasteiger partial charge on any atom is -0.370 e. The number of hydrogen-bond donors (Lipinski definition) is 2. The molecule has 0 amide bonds. The summed E-state index contributed by atoms with van der Waals surface area (Å²) < 4.78 is 0. The van der Waals surface area contributed by atoms with E-state index in [4.69, 9.17) is 11.5 Å². The van der Waals surface area contributed by atoms with Gasteiger partial charge in [0.2, 0.25) is 0 Å². The molecule has 4 N–H and O–H groups in total. The number of aryl methyl sites for hydroxylation is 2. The molecule has 0 aliphatic rings. The summed E-state index contributed by atoms with van der Waals surface area (Å²) in [7, 11) is 0. The largest absolute Gasteiger partial charge is 0.370 e. The standard InChI is InChI=1S/C10H15N3.ClH/c1-7-4-3-5-8(2)9(7)6-13-10(11)12;/h3-5H,6H2,1-2H3,(H4,11,12,13);1H. The summed E-state index contributed by atoms with van der Waals surface area (Å²) in [6.07, 6.45) is 0. The quantitative estimate of drug-likeness (QED) is 0.578. The van der Waals surface area contributed by atoms with E-state index in [-0.39, 0.29) is 18.4 Å². The predicted molar refractivity (Wildman–Crippen MR) is 62.7 cm³/mol. The highest BCUT2D eigenvalue weighted by Crippen LogP contribution is 2.13. The summed E-state index contributed by atoms with van der Waals surface area (Å²) in [5, 5.41) is 0. The van der Waals surface area contributed by atoms with E-state index in [1.165, 1.54) is 16.7 Å². The number of benzene rings is 1. The van der Waals surface area contributed by atoms with Crippen molar-refractivity contribution >= 4 is 18.4 Å². The van der Waals surface area contributed by atoms with E-state index in [2.05, 4.69) is 31.0 Å². The molecule has 0 bridgehead atoms. The number of guanidine groups is 1. The molecule has 4 heteroatoms. The smallest absolute Gasteiger partial charge is 0.186 e. The van der Waals surface area contributed by atoms with Crippen molar-refractivity contribution in [3.05, 3.63) is 34.9 Å². The molecule has 0 saturated carbocycles. The molecular weight excluding hydrogens is 198 g/mol. The van der Waals surface area contributed by atoms with Crippen molar-refractivity contribution in [1.82, 2.24) is 0 Å². The molecule has 0 aliphatic heterocycles. The number of nitrogens with zero attached hydrogens (tertiary/aromatic N) is 1. The SMILES string of the molecule is Cc1cccc(C)c1CN=C(N)N.Cl. The zero-order chi connectivity index (χ0) is 9.84. The van der Waals surface area contributed by atoms with Crippen LogP contribution in [0.15, 0.2) is 23.2 Å². The maximum atomic E-state index is 5.27. The topological polar surface area (TPSA) is 64.4 Å². The summed E-state index contributed by atoms with van der Waals surface area (Å²) >= 11 is 0. The molecule has 1 aromatic rings. The van der Waals surface area contributed by atoms with Gasteiger partial charge in [-0.25, -0.2) is 4.99 Å². The van der Waals surface area contributed by atoms with E-state index < -0.39 is 0 Å².